The van der Waals surface area contributed by atoms with E-state index in [1.165, 1.54) is 18.2 Å². The summed E-state index contributed by atoms with van der Waals surface area (Å²) in [6, 6.07) is 4.78. The standard InChI is InChI=1S/C24H28F2N4O2/c1-23(2)15(9-10-24(23,3)22(32)30-11-5-8-19(30)21(27)31)14-12-18(29-28-13-14)20-16(25)6-4-7-17(20)26/h4,6-7,12-13,15,19H,5,8-11H2,1-3H3,(H2,27,31)/t15-,19+,24-/m1/s1. The number of nitrogens with two attached hydrogens (primary N) is 1. The molecular weight excluding hydrogens is 414 g/mol. The van der Waals surface area contributed by atoms with Crippen molar-refractivity contribution in [1.82, 2.24) is 15.1 Å². The van der Waals surface area contributed by atoms with Gasteiger partial charge in [-0.1, -0.05) is 26.8 Å². The van der Waals surface area contributed by atoms with Gasteiger partial charge in [0.2, 0.25) is 11.8 Å². The highest BCUT2D eigenvalue weighted by Gasteiger charge is 2.58. The monoisotopic (exact) mass is 442 g/mol. The van der Waals surface area contributed by atoms with Crippen molar-refractivity contribution in [2.24, 2.45) is 16.6 Å². The molecule has 2 aliphatic rings. The Kier molecular flexibility index (Phi) is 5.51. The molecule has 0 bridgehead atoms. The number of nitrogens with zero attached hydrogens (tertiary/aromatic N) is 3. The SMILES string of the molecule is CC1(C)[C@@H](c2cnnc(-c3c(F)cccc3F)c2)CC[C@]1(C)C(=O)N1CCC[C@H]1C(N)=O. The van der Waals surface area contributed by atoms with Crippen molar-refractivity contribution >= 4 is 11.8 Å². The molecule has 2 N–H and O–H groups in total. The number of carbonyl (C=O) groups is 2. The zero-order valence-electron chi connectivity index (χ0n) is 18.6. The molecule has 170 valence electrons. The van der Waals surface area contributed by atoms with E-state index < -0.39 is 34.4 Å². The fraction of sp³-hybridized carbons (Fsp3) is 0.500. The average Bonchev–Trinajstić information content (AvgIpc) is 3.31. The molecule has 6 nitrogen and oxygen atoms in total. The number of carbonyl (C=O) groups excluding carboxylic acids is 2. The van der Waals surface area contributed by atoms with Crippen LogP contribution >= 0.6 is 0 Å². The van der Waals surface area contributed by atoms with Gasteiger partial charge in [0, 0.05) is 6.54 Å². The Morgan fingerprint density at radius 1 is 1.16 bits per heavy atom. The highest BCUT2D eigenvalue weighted by atomic mass is 19.1. The summed E-state index contributed by atoms with van der Waals surface area (Å²) in [6.07, 6.45) is 4.28. The molecule has 1 saturated heterocycles. The molecular formula is C24H28F2N4O2. The van der Waals surface area contributed by atoms with Crippen LogP contribution in [0.2, 0.25) is 0 Å². The van der Waals surface area contributed by atoms with Crippen LogP contribution in [-0.4, -0.2) is 39.5 Å². The maximum absolute atomic E-state index is 14.3. The van der Waals surface area contributed by atoms with E-state index in [9.17, 15) is 18.4 Å². The fourth-order valence-electron chi connectivity index (χ4n) is 5.53. The second-order valence-electron chi connectivity index (χ2n) is 9.67. The molecule has 1 aliphatic heterocycles. The zero-order valence-corrected chi connectivity index (χ0v) is 18.6. The number of benzene rings is 1. The van der Waals surface area contributed by atoms with Crippen molar-refractivity contribution in [2.75, 3.05) is 6.54 Å². The van der Waals surface area contributed by atoms with Crippen molar-refractivity contribution < 1.29 is 18.4 Å². The normalized spacial score (nSPS) is 27.0. The summed E-state index contributed by atoms with van der Waals surface area (Å²) in [5, 5.41) is 7.98. The van der Waals surface area contributed by atoms with E-state index in [1.807, 2.05) is 20.8 Å². The second-order valence-corrected chi connectivity index (χ2v) is 9.67. The summed E-state index contributed by atoms with van der Waals surface area (Å²) < 4.78 is 28.6. The maximum atomic E-state index is 14.3. The van der Waals surface area contributed by atoms with E-state index in [4.69, 9.17) is 5.73 Å². The van der Waals surface area contributed by atoms with Crippen LogP contribution in [0.4, 0.5) is 8.78 Å². The third-order valence-electron chi connectivity index (χ3n) is 7.84. The Morgan fingerprint density at radius 3 is 2.50 bits per heavy atom. The van der Waals surface area contributed by atoms with Gasteiger partial charge in [-0.3, -0.25) is 9.59 Å². The van der Waals surface area contributed by atoms with Crippen LogP contribution in [0, 0.1) is 22.5 Å². The largest absolute Gasteiger partial charge is 0.368 e. The Morgan fingerprint density at radius 2 is 1.84 bits per heavy atom. The first kappa shape index (κ1) is 22.3. The third kappa shape index (κ3) is 3.36. The minimum Gasteiger partial charge on any atom is -0.368 e. The molecule has 2 amide bonds. The lowest BCUT2D eigenvalue weighted by Crippen LogP contribution is -2.53. The van der Waals surface area contributed by atoms with Crippen LogP contribution < -0.4 is 5.73 Å². The first-order chi connectivity index (χ1) is 15.1. The van der Waals surface area contributed by atoms with Gasteiger partial charge in [0.25, 0.3) is 0 Å². The van der Waals surface area contributed by atoms with Gasteiger partial charge >= 0.3 is 0 Å². The summed E-state index contributed by atoms with van der Waals surface area (Å²) in [6.45, 7) is 6.53. The van der Waals surface area contributed by atoms with Gasteiger partial charge in [-0.15, -0.1) is 0 Å². The fourth-order valence-corrected chi connectivity index (χ4v) is 5.53. The predicted octanol–water partition coefficient (Wildman–Crippen LogP) is 3.81. The second kappa shape index (κ2) is 7.90. The molecule has 1 aromatic carbocycles. The first-order valence-corrected chi connectivity index (χ1v) is 11.0. The summed E-state index contributed by atoms with van der Waals surface area (Å²) in [4.78, 5) is 27.1. The van der Waals surface area contributed by atoms with Crippen molar-refractivity contribution in [3.63, 3.8) is 0 Å². The van der Waals surface area contributed by atoms with E-state index in [2.05, 4.69) is 10.2 Å². The number of rotatable bonds is 4. The Labute approximate surface area is 186 Å². The molecule has 32 heavy (non-hydrogen) atoms. The quantitative estimate of drug-likeness (QED) is 0.780. The van der Waals surface area contributed by atoms with E-state index in [1.54, 1.807) is 17.2 Å². The Bertz CT molecular complexity index is 1050. The number of hydrogen-bond donors (Lipinski definition) is 1. The number of hydrogen-bond acceptors (Lipinski definition) is 4. The first-order valence-electron chi connectivity index (χ1n) is 11.0. The lowest BCUT2D eigenvalue weighted by molar-refractivity contribution is -0.150. The lowest BCUT2D eigenvalue weighted by atomic mass is 9.63. The molecule has 0 unspecified atom stereocenters. The third-order valence-corrected chi connectivity index (χ3v) is 7.84. The molecule has 0 spiro atoms. The van der Waals surface area contributed by atoms with Crippen molar-refractivity contribution in [3.8, 4) is 11.3 Å². The van der Waals surface area contributed by atoms with Crippen molar-refractivity contribution in [2.45, 2.75) is 58.4 Å². The van der Waals surface area contributed by atoms with Crippen LogP contribution in [-0.2, 0) is 9.59 Å². The molecule has 1 aliphatic carbocycles. The van der Waals surface area contributed by atoms with Crippen molar-refractivity contribution in [1.29, 1.82) is 0 Å². The number of amides is 2. The Hall–Kier alpha value is -2.90. The number of aromatic nitrogens is 2. The highest BCUT2D eigenvalue weighted by Crippen LogP contribution is 2.60. The summed E-state index contributed by atoms with van der Waals surface area (Å²) in [5.41, 5.74) is 5.02. The van der Waals surface area contributed by atoms with Crippen LogP contribution in [0.3, 0.4) is 0 Å². The number of likely N-dealkylation sites (tertiary alicyclic amines) is 1. The van der Waals surface area contributed by atoms with Crippen LogP contribution in [0.25, 0.3) is 11.3 Å². The maximum Gasteiger partial charge on any atom is 0.240 e. The van der Waals surface area contributed by atoms with Crippen LogP contribution in [0.5, 0.6) is 0 Å². The van der Waals surface area contributed by atoms with Crippen LogP contribution in [0.15, 0.2) is 30.5 Å². The highest BCUT2D eigenvalue weighted by molar-refractivity contribution is 5.90. The molecule has 0 radical (unpaired) electrons. The number of halogens is 2. The molecule has 1 saturated carbocycles. The zero-order chi connectivity index (χ0) is 23.3. The van der Waals surface area contributed by atoms with Gasteiger partial charge in [-0.25, -0.2) is 8.78 Å². The predicted molar refractivity (Wildman–Crippen MR) is 115 cm³/mol. The van der Waals surface area contributed by atoms with Gasteiger partial charge in [-0.05, 0) is 60.8 Å². The molecule has 2 fully saturated rings. The van der Waals surface area contributed by atoms with E-state index in [0.717, 1.165) is 12.0 Å². The molecule has 2 heterocycles. The smallest absolute Gasteiger partial charge is 0.240 e. The lowest BCUT2D eigenvalue weighted by Gasteiger charge is -2.43. The van der Waals surface area contributed by atoms with Gasteiger partial charge in [0.05, 0.1) is 22.9 Å². The topological polar surface area (TPSA) is 89.2 Å². The van der Waals surface area contributed by atoms with Gasteiger partial charge in [-0.2, -0.15) is 10.2 Å². The van der Waals surface area contributed by atoms with Crippen LogP contribution in [0.1, 0.15) is 57.9 Å². The van der Waals surface area contributed by atoms with E-state index >= 15 is 0 Å². The van der Waals surface area contributed by atoms with Gasteiger partial charge in [0.1, 0.15) is 17.7 Å². The summed E-state index contributed by atoms with van der Waals surface area (Å²) in [7, 11) is 0. The molecule has 4 rings (SSSR count). The van der Waals surface area contributed by atoms with Gasteiger partial charge < -0.3 is 10.6 Å². The summed E-state index contributed by atoms with van der Waals surface area (Å²) in [5.74, 6) is -2.01. The molecule has 8 heteroatoms. The molecule has 1 aromatic heterocycles. The van der Waals surface area contributed by atoms with E-state index in [-0.39, 0.29) is 23.1 Å². The average molecular weight is 443 g/mol. The Balaban J connectivity index is 1.67. The minimum absolute atomic E-state index is 0.0614. The summed E-state index contributed by atoms with van der Waals surface area (Å²) >= 11 is 0. The number of primary amides is 1. The van der Waals surface area contributed by atoms with Gasteiger partial charge in [0.15, 0.2) is 0 Å². The molecule has 3 atom stereocenters. The van der Waals surface area contributed by atoms with Crippen molar-refractivity contribution in [3.05, 3.63) is 47.7 Å². The minimum atomic E-state index is -0.720. The van der Waals surface area contributed by atoms with E-state index in [0.29, 0.717) is 25.8 Å². The molecule has 2 aromatic rings.